The van der Waals surface area contributed by atoms with Gasteiger partial charge in [0.2, 0.25) is 5.91 Å². The highest BCUT2D eigenvalue weighted by Gasteiger charge is 2.07. The van der Waals surface area contributed by atoms with Crippen LogP contribution in [0.3, 0.4) is 0 Å². The normalized spacial score (nSPS) is 9.88. The third-order valence-electron chi connectivity index (χ3n) is 2.03. The monoisotopic (exact) mass is 225 g/mol. The molecule has 1 heterocycles. The molecule has 0 saturated carbocycles. The molecular formula is C10H15N3O3. The topological polar surface area (TPSA) is 83.2 Å². The van der Waals surface area contributed by atoms with Gasteiger partial charge in [0.1, 0.15) is 5.69 Å². The van der Waals surface area contributed by atoms with E-state index >= 15 is 0 Å². The van der Waals surface area contributed by atoms with E-state index in [1.165, 1.54) is 7.11 Å². The van der Waals surface area contributed by atoms with Crippen molar-refractivity contribution in [3.05, 3.63) is 23.5 Å². The van der Waals surface area contributed by atoms with E-state index in [4.69, 9.17) is 0 Å². The molecule has 0 fully saturated rings. The van der Waals surface area contributed by atoms with Crippen molar-refractivity contribution in [2.75, 3.05) is 20.7 Å². The Bertz CT molecular complexity index is 373. The number of nitrogens with one attached hydrogen (secondary N) is 3. The number of hydrogen-bond donors (Lipinski definition) is 3. The SMILES string of the molecule is CNC(=O)CNCc1ccc(C(=O)OC)[nH]1. The highest BCUT2D eigenvalue weighted by molar-refractivity contribution is 5.87. The summed E-state index contributed by atoms with van der Waals surface area (Å²) in [6.45, 7) is 0.730. The molecule has 0 aliphatic carbocycles. The van der Waals surface area contributed by atoms with Crippen molar-refractivity contribution < 1.29 is 14.3 Å². The number of amides is 1. The molecule has 0 bridgehead atoms. The Balaban J connectivity index is 2.41. The summed E-state index contributed by atoms with van der Waals surface area (Å²) in [6.07, 6.45) is 0. The van der Waals surface area contributed by atoms with Crippen molar-refractivity contribution in [3.8, 4) is 0 Å². The minimum atomic E-state index is -0.405. The predicted octanol–water partition coefficient (Wildman–Crippen LogP) is -0.363. The molecule has 88 valence electrons. The average Bonchev–Trinajstić information content (AvgIpc) is 2.76. The van der Waals surface area contributed by atoms with Crippen LogP contribution in [0.15, 0.2) is 12.1 Å². The van der Waals surface area contributed by atoms with Crippen LogP contribution in [0.4, 0.5) is 0 Å². The van der Waals surface area contributed by atoms with Crippen LogP contribution in [0.5, 0.6) is 0 Å². The van der Waals surface area contributed by atoms with Gasteiger partial charge in [0.25, 0.3) is 0 Å². The first-order valence-electron chi connectivity index (χ1n) is 4.85. The number of ether oxygens (including phenoxy) is 1. The largest absolute Gasteiger partial charge is 0.464 e. The highest BCUT2D eigenvalue weighted by atomic mass is 16.5. The second kappa shape index (κ2) is 5.92. The summed E-state index contributed by atoms with van der Waals surface area (Å²) in [4.78, 5) is 24.9. The first-order chi connectivity index (χ1) is 7.67. The molecule has 0 aliphatic heterocycles. The summed E-state index contributed by atoms with van der Waals surface area (Å²) < 4.78 is 4.55. The number of esters is 1. The van der Waals surface area contributed by atoms with Gasteiger partial charge < -0.3 is 20.4 Å². The van der Waals surface area contributed by atoms with E-state index in [2.05, 4.69) is 20.4 Å². The fourth-order valence-corrected chi connectivity index (χ4v) is 1.17. The molecule has 3 N–H and O–H groups in total. The van der Waals surface area contributed by atoms with Gasteiger partial charge >= 0.3 is 5.97 Å². The van der Waals surface area contributed by atoms with Crippen LogP contribution in [0, 0.1) is 0 Å². The molecule has 16 heavy (non-hydrogen) atoms. The lowest BCUT2D eigenvalue weighted by Gasteiger charge is -2.01. The quantitative estimate of drug-likeness (QED) is 0.597. The molecular weight excluding hydrogens is 210 g/mol. The fraction of sp³-hybridized carbons (Fsp3) is 0.400. The third kappa shape index (κ3) is 3.39. The Kier molecular flexibility index (Phi) is 4.53. The van der Waals surface area contributed by atoms with E-state index in [9.17, 15) is 9.59 Å². The van der Waals surface area contributed by atoms with E-state index < -0.39 is 5.97 Å². The van der Waals surface area contributed by atoms with Crippen molar-refractivity contribution in [3.63, 3.8) is 0 Å². The van der Waals surface area contributed by atoms with Gasteiger partial charge in [0, 0.05) is 19.3 Å². The maximum Gasteiger partial charge on any atom is 0.354 e. The van der Waals surface area contributed by atoms with Gasteiger partial charge in [-0.2, -0.15) is 0 Å². The van der Waals surface area contributed by atoms with Gasteiger partial charge in [0.05, 0.1) is 13.7 Å². The molecule has 0 atom stereocenters. The molecule has 6 nitrogen and oxygen atoms in total. The van der Waals surface area contributed by atoms with Crippen LogP contribution in [-0.4, -0.2) is 37.6 Å². The van der Waals surface area contributed by atoms with Crippen LogP contribution in [0.2, 0.25) is 0 Å². The smallest absolute Gasteiger partial charge is 0.354 e. The molecule has 0 radical (unpaired) electrons. The number of likely N-dealkylation sites (N-methyl/N-ethyl adjacent to an activating group) is 1. The molecule has 0 aliphatic rings. The van der Waals surface area contributed by atoms with Crippen LogP contribution in [-0.2, 0) is 16.1 Å². The van der Waals surface area contributed by atoms with Crippen LogP contribution in [0.25, 0.3) is 0 Å². The molecule has 0 saturated heterocycles. The zero-order valence-corrected chi connectivity index (χ0v) is 9.29. The predicted molar refractivity (Wildman–Crippen MR) is 57.9 cm³/mol. The second-order valence-electron chi connectivity index (χ2n) is 3.17. The number of aromatic nitrogens is 1. The zero-order chi connectivity index (χ0) is 12.0. The lowest BCUT2D eigenvalue weighted by atomic mass is 10.4. The number of H-pyrrole nitrogens is 1. The van der Waals surface area contributed by atoms with Gasteiger partial charge in [-0.05, 0) is 12.1 Å². The van der Waals surface area contributed by atoms with Gasteiger partial charge in [-0.25, -0.2) is 4.79 Å². The molecule has 1 amide bonds. The third-order valence-corrected chi connectivity index (χ3v) is 2.03. The van der Waals surface area contributed by atoms with E-state index in [-0.39, 0.29) is 12.5 Å². The molecule has 1 rings (SSSR count). The summed E-state index contributed by atoms with van der Waals surface area (Å²) in [7, 11) is 2.90. The molecule has 1 aromatic heterocycles. The molecule has 0 spiro atoms. The number of hydrogen-bond acceptors (Lipinski definition) is 4. The Morgan fingerprint density at radius 2 is 2.19 bits per heavy atom. The van der Waals surface area contributed by atoms with E-state index in [1.54, 1.807) is 19.2 Å². The Morgan fingerprint density at radius 3 is 2.81 bits per heavy atom. The summed E-state index contributed by atoms with van der Waals surface area (Å²) in [5, 5.41) is 5.43. The van der Waals surface area contributed by atoms with E-state index in [0.717, 1.165) is 5.69 Å². The lowest BCUT2D eigenvalue weighted by molar-refractivity contribution is -0.119. The highest BCUT2D eigenvalue weighted by Crippen LogP contribution is 2.02. The van der Waals surface area contributed by atoms with Gasteiger partial charge in [-0.1, -0.05) is 0 Å². The summed E-state index contributed by atoms with van der Waals surface area (Å²) >= 11 is 0. The van der Waals surface area contributed by atoms with E-state index in [0.29, 0.717) is 12.2 Å². The fourth-order valence-electron chi connectivity index (χ4n) is 1.17. The molecule has 6 heteroatoms. The number of carbonyl (C=O) groups excluding carboxylic acids is 2. The number of rotatable bonds is 5. The Morgan fingerprint density at radius 1 is 1.44 bits per heavy atom. The summed E-state index contributed by atoms with van der Waals surface area (Å²) in [5.41, 5.74) is 1.23. The minimum Gasteiger partial charge on any atom is -0.464 e. The molecule has 0 aromatic carbocycles. The van der Waals surface area contributed by atoms with Crippen molar-refractivity contribution >= 4 is 11.9 Å². The summed E-state index contributed by atoms with van der Waals surface area (Å²) in [6, 6.07) is 3.41. The van der Waals surface area contributed by atoms with Crippen LogP contribution >= 0.6 is 0 Å². The zero-order valence-electron chi connectivity index (χ0n) is 9.29. The van der Waals surface area contributed by atoms with Crippen LogP contribution in [0.1, 0.15) is 16.2 Å². The van der Waals surface area contributed by atoms with Crippen molar-refractivity contribution in [1.29, 1.82) is 0 Å². The Labute approximate surface area is 93.4 Å². The van der Waals surface area contributed by atoms with Crippen LogP contribution < -0.4 is 10.6 Å². The maximum atomic E-state index is 11.1. The van der Waals surface area contributed by atoms with Crippen molar-refractivity contribution in [2.24, 2.45) is 0 Å². The first-order valence-corrected chi connectivity index (χ1v) is 4.85. The number of aromatic amines is 1. The first kappa shape index (κ1) is 12.3. The standard InChI is InChI=1S/C10H15N3O3/c1-11-9(14)6-12-5-7-3-4-8(13-7)10(15)16-2/h3-4,12-13H,5-6H2,1-2H3,(H,11,14). The van der Waals surface area contributed by atoms with Crippen molar-refractivity contribution in [1.82, 2.24) is 15.6 Å². The van der Waals surface area contributed by atoms with Crippen molar-refractivity contribution in [2.45, 2.75) is 6.54 Å². The molecule has 0 unspecified atom stereocenters. The van der Waals surface area contributed by atoms with E-state index in [1.807, 2.05) is 0 Å². The van der Waals surface area contributed by atoms with Gasteiger partial charge in [-0.3, -0.25) is 4.79 Å². The Hall–Kier alpha value is -1.82. The minimum absolute atomic E-state index is 0.0836. The van der Waals surface area contributed by atoms with Gasteiger partial charge in [-0.15, -0.1) is 0 Å². The average molecular weight is 225 g/mol. The number of methoxy groups -OCH3 is 1. The number of carbonyl (C=O) groups is 2. The lowest BCUT2D eigenvalue weighted by Crippen LogP contribution is -2.31. The summed E-state index contributed by atoms with van der Waals surface area (Å²) in [5.74, 6) is -0.489. The molecule has 1 aromatic rings. The van der Waals surface area contributed by atoms with Gasteiger partial charge in [0.15, 0.2) is 0 Å². The second-order valence-corrected chi connectivity index (χ2v) is 3.17. The maximum absolute atomic E-state index is 11.1.